The lowest BCUT2D eigenvalue weighted by molar-refractivity contribution is -0.141. The van der Waals surface area contributed by atoms with Crippen LogP contribution in [0.15, 0.2) is 36.4 Å². The van der Waals surface area contributed by atoms with Crippen LogP contribution in [0.25, 0.3) is 11.3 Å². The highest BCUT2D eigenvalue weighted by atomic mass is 19.4. The number of pyridine rings is 1. The zero-order chi connectivity index (χ0) is 23.4. The van der Waals surface area contributed by atoms with Crippen molar-refractivity contribution >= 4 is 5.78 Å². The zero-order valence-corrected chi connectivity index (χ0v) is 15.5. The Morgan fingerprint density at radius 3 is 2.00 bits per heavy atom. The predicted octanol–water partition coefficient (Wildman–Crippen LogP) is 5.90. The molecule has 0 amide bonds. The molecule has 1 aromatic heterocycles. The van der Waals surface area contributed by atoms with Crippen LogP contribution in [0.4, 0.5) is 39.5 Å². The number of ketones is 1. The van der Waals surface area contributed by atoms with E-state index in [0.29, 0.717) is 18.2 Å². The highest BCUT2D eigenvalue weighted by Gasteiger charge is 2.34. The number of nitrogens with one attached hydrogen (secondary N) is 1. The maximum Gasteiger partial charge on any atom is 0.433 e. The Bertz CT molecular complexity index is 901. The molecule has 0 bridgehead atoms. The van der Waals surface area contributed by atoms with Crippen molar-refractivity contribution in [3.05, 3.63) is 53.2 Å². The van der Waals surface area contributed by atoms with Gasteiger partial charge in [0.15, 0.2) is 5.78 Å². The van der Waals surface area contributed by atoms with E-state index in [2.05, 4.69) is 10.3 Å². The van der Waals surface area contributed by atoms with E-state index in [1.807, 2.05) is 0 Å². The summed E-state index contributed by atoms with van der Waals surface area (Å²) in [4.78, 5) is 15.6. The monoisotopic (exact) mass is 458 g/mol. The van der Waals surface area contributed by atoms with Crippen molar-refractivity contribution in [1.82, 2.24) is 10.3 Å². The van der Waals surface area contributed by atoms with Gasteiger partial charge in [-0.25, -0.2) is 4.98 Å². The summed E-state index contributed by atoms with van der Waals surface area (Å²) in [5.74, 6) is -0.840. The molecule has 1 aromatic carbocycles. The van der Waals surface area contributed by atoms with Gasteiger partial charge in [-0.15, -0.1) is 0 Å². The molecule has 0 aliphatic rings. The molecule has 3 nitrogen and oxygen atoms in total. The number of Topliss-reactive ketones (excluding diaryl/α,β-unsaturated/α-hetero) is 1. The number of aromatic nitrogens is 1. The van der Waals surface area contributed by atoms with Crippen LogP contribution in [0.3, 0.4) is 0 Å². The van der Waals surface area contributed by atoms with Gasteiger partial charge in [0.05, 0.1) is 17.8 Å². The summed E-state index contributed by atoms with van der Waals surface area (Å²) in [7, 11) is 0. The maximum absolute atomic E-state index is 13.2. The third-order valence-electron chi connectivity index (χ3n) is 4.05. The van der Waals surface area contributed by atoms with Crippen LogP contribution in [-0.2, 0) is 12.4 Å². The fraction of sp³-hybridized carbons (Fsp3) is 0.368. The summed E-state index contributed by atoms with van der Waals surface area (Å²) in [5, 5.41) is 2.42. The standard InChI is InChI=1S/C19H15F9N2O/c20-17(21,22)6-1-7-29-10-15(31)12-8-14(30-16(9-12)19(26,27)28)11-2-4-13(5-3-11)18(23,24)25/h2-5,8-9,29H,1,6-7,10H2. The predicted molar refractivity (Wildman–Crippen MR) is 92.2 cm³/mol. The van der Waals surface area contributed by atoms with Gasteiger partial charge in [0.25, 0.3) is 0 Å². The van der Waals surface area contributed by atoms with Crippen molar-refractivity contribution in [2.24, 2.45) is 0 Å². The first kappa shape index (κ1) is 24.6. The number of hydrogen-bond donors (Lipinski definition) is 1. The molecule has 0 spiro atoms. The average molecular weight is 458 g/mol. The third kappa shape index (κ3) is 7.53. The Labute approximate surface area is 170 Å². The van der Waals surface area contributed by atoms with Gasteiger partial charge in [-0.1, -0.05) is 12.1 Å². The van der Waals surface area contributed by atoms with Crippen molar-refractivity contribution in [3.63, 3.8) is 0 Å². The molecule has 12 heteroatoms. The number of rotatable bonds is 7. The molecule has 1 heterocycles. The smallest absolute Gasteiger partial charge is 0.310 e. The number of hydrogen-bond acceptors (Lipinski definition) is 3. The Balaban J connectivity index is 2.23. The van der Waals surface area contributed by atoms with Gasteiger partial charge < -0.3 is 5.32 Å². The van der Waals surface area contributed by atoms with Gasteiger partial charge in [-0.2, -0.15) is 39.5 Å². The van der Waals surface area contributed by atoms with E-state index in [9.17, 15) is 44.3 Å². The van der Waals surface area contributed by atoms with Crippen molar-refractivity contribution in [3.8, 4) is 11.3 Å². The SMILES string of the molecule is O=C(CNCCCC(F)(F)F)c1cc(-c2ccc(C(F)(F)F)cc2)nc(C(F)(F)F)c1. The van der Waals surface area contributed by atoms with Crippen LogP contribution in [0.5, 0.6) is 0 Å². The molecule has 0 aliphatic carbocycles. The van der Waals surface area contributed by atoms with Gasteiger partial charge >= 0.3 is 18.5 Å². The second-order valence-corrected chi connectivity index (χ2v) is 6.52. The van der Waals surface area contributed by atoms with E-state index < -0.39 is 54.1 Å². The minimum atomic E-state index is -4.93. The first-order chi connectivity index (χ1) is 14.2. The Kier molecular flexibility index (Phi) is 7.35. The molecule has 2 aromatic rings. The van der Waals surface area contributed by atoms with Crippen LogP contribution in [0.2, 0.25) is 0 Å². The summed E-state index contributed by atoms with van der Waals surface area (Å²) < 4.78 is 114. The maximum atomic E-state index is 13.2. The topological polar surface area (TPSA) is 42.0 Å². The summed E-state index contributed by atoms with van der Waals surface area (Å²) in [5.41, 5.74) is -3.32. The van der Waals surface area contributed by atoms with Crippen molar-refractivity contribution in [1.29, 1.82) is 0 Å². The van der Waals surface area contributed by atoms with Crippen molar-refractivity contribution in [2.75, 3.05) is 13.1 Å². The van der Waals surface area contributed by atoms with Gasteiger partial charge in [0, 0.05) is 17.5 Å². The quantitative estimate of drug-likeness (QED) is 0.319. The Hall–Kier alpha value is -2.63. The third-order valence-corrected chi connectivity index (χ3v) is 4.05. The molecule has 0 atom stereocenters. The number of alkyl halides is 9. The number of carbonyl (C=O) groups is 1. The van der Waals surface area contributed by atoms with Crippen LogP contribution in [-0.4, -0.2) is 30.0 Å². The molecule has 0 saturated heterocycles. The van der Waals surface area contributed by atoms with Gasteiger partial charge in [-0.05, 0) is 37.2 Å². The molecule has 0 saturated carbocycles. The number of benzene rings is 1. The number of nitrogens with zero attached hydrogens (tertiary/aromatic N) is 1. The highest BCUT2D eigenvalue weighted by Crippen LogP contribution is 2.33. The first-order valence-corrected chi connectivity index (χ1v) is 8.74. The van der Waals surface area contributed by atoms with E-state index in [1.54, 1.807) is 0 Å². The van der Waals surface area contributed by atoms with Crippen molar-refractivity contribution < 1.29 is 44.3 Å². The summed E-state index contributed by atoms with van der Waals surface area (Å²) in [6.45, 7) is -0.708. The first-order valence-electron chi connectivity index (χ1n) is 8.74. The zero-order valence-electron chi connectivity index (χ0n) is 15.5. The molecule has 2 rings (SSSR count). The normalized spacial score (nSPS) is 12.8. The molecule has 31 heavy (non-hydrogen) atoms. The Morgan fingerprint density at radius 1 is 0.871 bits per heavy atom. The molecule has 0 unspecified atom stereocenters. The van der Waals surface area contributed by atoms with Gasteiger partial charge in [0.2, 0.25) is 0 Å². The van der Waals surface area contributed by atoms with Gasteiger partial charge in [-0.3, -0.25) is 4.79 Å². The molecule has 170 valence electrons. The van der Waals surface area contributed by atoms with E-state index in [1.165, 1.54) is 0 Å². The largest absolute Gasteiger partial charge is 0.433 e. The van der Waals surface area contributed by atoms with E-state index >= 15 is 0 Å². The molecule has 0 radical (unpaired) electrons. The second-order valence-electron chi connectivity index (χ2n) is 6.52. The highest BCUT2D eigenvalue weighted by molar-refractivity contribution is 5.98. The van der Waals surface area contributed by atoms with E-state index in [0.717, 1.165) is 18.2 Å². The van der Waals surface area contributed by atoms with Crippen LogP contribution < -0.4 is 5.32 Å². The van der Waals surface area contributed by atoms with Crippen LogP contribution in [0, 0.1) is 0 Å². The molecule has 0 aliphatic heterocycles. The van der Waals surface area contributed by atoms with E-state index in [-0.39, 0.29) is 24.2 Å². The van der Waals surface area contributed by atoms with Crippen LogP contribution in [0.1, 0.15) is 34.5 Å². The molecular weight excluding hydrogens is 443 g/mol. The Morgan fingerprint density at radius 2 is 1.48 bits per heavy atom. The fourth-order valence-corrected chi connectivity index (χ4v) is 2.53. The molecular formula is C19H15F9N2O. The molecule has 0 fully saturated rings. The fourth-order valence-electron chi connectivity index (χ4n) is 2.53. The summed E-state index contributed by atoms with van der Waals surface area (Å²) >= 11 is 0. The minimum Gasteiger partial charge on any atom is -0.310 e. The summed E-state index contributed by atoms with van der Waals surface area (Å²) in [6.07, 6.45) is -15.3. The van der Waals surface area contributed by atoms with Crippen molar-refractivity contribution in [2.45, 2.75) is 31.4 Å². The molecule has 1 N–H and O–H groups in total. The summed E-state index contributed by atoms with van der Waals surface area (Å²) in [6, 6.07) is 4.65. The van der Waals surface area contributed by atoms with E-state index in [4.69, 9.17) is 0 Å². The second kappa shape index (κ2) is 9.25. The lowest BCUT2D eigenvalue weighted by atomic mass is 10.0. The lowest BCUT2D eigenvalue weighted by Crippen LogP contribution is -2.25. The average Bonchev–Trinajstić information content (AvgIpc) is 2.65. The number of carbonyl (C=O) groups excluding carboxylic acids is 1. The number of halogens is 9. The van der Waals surface area contributed by atoms with Gasteiger partial charge in [0.1, 0.15) is 5.69 Å². The minimum absolute atomic E-state index is 0.0775. The van der Waals surface area contributed by atoms with Crippen LogP contribution >= 0.6 is 0 Å². The lowest BCUT2D eigenvalue weighted by Gasteiger charge is -2.12.